The predicted molar refractivity (Wildman–Crippen MR) is 133 cm³/mol. The molecule has 5 rings (SSSR count). The van der Waals surface area contributed by atoms with Crippen molar-refractivity contribution in [3.63, 3.8) is 0 Å². The third-order valence-electron chi connectivity index (χ3n) is 8.36. The number of rotatable bonds is 0. The zero-order valence-electron chi connectivity index (χ0n) is 20.7. The van der Waals surface area contributed by atoms with Crippen LogP contribution in [-0.4, -0.2) is 20.7 Å². The van der Waals surface area contributed by atoms with Crippen molar-refractivity contribution in [3.8, 4) is 0 Å². The summed E-state index contributed by atoms with van der Waals surface area (Å²) in [6, 6.07) is 13.5. The summed E-state index contributed by atoms with van der Waals surface area (Å²) < 4.78 is 0. The first kappa shape index (κ1) is 21.1. The Balaban J connectivity index is 1.71. The van der Waals surface area contributed by atoms with Gasteiger partial charge in [0, 0.05) is 74.2 Å². The summed E-state index contributed by atoms with van der Waals surface area (Å²) in [6.07, 6.45) is 3.00. The third-order valence-corrected chi connectivity index (χ3v) is 8.36. The third kappa shape index (κ3) is 2.84. The number of allylic oxidation sites excluding steroid dienone is 1. The van der Waals surface area contributed by atoms with Gasteiger partial charge in [-0.2, -0.15) is 0 Å². The molecule has 3 aromatic rings. The number of nitrogens with zero attached hydrogens (tertiary/aromatic N) is 1. The van der Waals surface area contributed by atoms with Crippen LogP contribution in [0.2, 0.25) is 0 Å². The molecule has 32 heavy (non-hydrogen) atoms. The molecular weight excluding hydrogens is 392 g/mol. The molecule has 5 heterocycles. The fraction of sp³-hybridized carbons (Fsp3) is 0.464. The molecule has 0 saturated heterocycles. The summed E-state index contributed by atoms with van der Waals surface area (Å²) in [4.78, 5) is 16.3. The first-order valence-electron chi connectivity index (χ1n) is 11.7. The molecule has 0 spiro atoms. The van der Waals surface area contributed by atoms with Gasteiger partial charge < -0.3 is 15.0 Å². The van der Waals surface area contributed by atoms with Crippen LogP contribution in [0.3, 0.4) is 0 Å². The topological polar surface area (TPSA) is 59.7 Å². The van der Waals surface area contributed by atoms with Crippen LogP contribution in [0.5, 0.6) is 0 Å². The van der Waals surface area contributed by atoms with E-state index in [9.17, 15) is 0 Å². The molecule has 0 unspecified atom stereocenters. The van der Waals surface area contributed by atoms with Gasteiger partial charge in [-0.25, -0.2) is 0 Å². The highest BCUT2D eigenvalue weighted by atomic mass is 14.9. The van der Waals surface area contributed by atoms with Crippen LogP contribution in [0.1, 0.15) is 96.0 Å². The Bertz CT molecular complexity index is 1160. The van der Waals surface area contributed by atoms with Gasteiger partial charge in [0.15, 0.2) is 0 Å². The average Bonchev–Trinajstić information content (AvgIpc) is 3.53. The Morgan fingerprint density at radius 2 is 0.875 bits per heavy atom. The van der Waals surface area contributed by atoms with E-state index in [1.165, 1.54) is 45.4 Å². The average molecular weight is 429 g/mol. The van der Waals surface area contributed by atoms with Crippen LogP contribution < -0.4 is 0 Å². The normalized spacial score (nSPS) is 22.4. The summed E-state index contributed by atoms with van der Waals surface area (Å²) in [6.45, 7) is 18.3. The Labute approximate surface area is 191 Å². The largest absolute Gasteiger partial charge is 0.361 e. The van der Waals surface area contributed by atoms with Crippen molar-refractivity contribution < 1.29 is 0 Å². The van der Waals surface area contributed by atoms with Gasteiger partial charge >= 0.3 is 0 Å². The van der Waals surface area contributed by atoms with Gasteiger partial charge in [-0.05, 0) is 83.5 Å². The Kier molecular flexibility index (Phi) is 4.22. The van der Waals surface area contributed by atoms with E-state index in [4.69, 9.17) is 4.99 Å². The molecule has 0 atom stereocenters. The lowest BCUT2D eigenvalue weighted by molar-refractivity contribution is 0.554. The summed E-state index contributed by atoms with van der Waals surface area (Å²) in [5, 5.41) is 0. The minimum absolute atomic E-state index is 0.115. The molecule has 0 fully saturated rings. The maximum absolute atomic E-state index is 4.94. The van der Waals surface area contributed by atoms with Crippen molar-refractivity contribution in [1.82, 2.24) is 15.0 Å². The summed E-state index contributed by atoms with van der Waals surface area (Å²) in [7, 11) is 0. The van der Waals surface area contributed by atoms with Crippen LogP contribution in [0.15, 0.2) is 53.2 Å². The van der Waals surface area contributed by atoms with E-state index in [0.29, 0.717) is 0 Å². The molecule has 0 aromatic carbocycles. The smallest absolute Gasteiger partial charge is 0.0447 e. The van der Waals surface area contributed by atoms with Crippen LogP contribution in [0.25, 0.3) is 0 Å². The highest BCUT2D eigenvalue weighted by Crippen LogP contribution is 2.42. The quantitative estimate of drug-likeness (QED) is 0.360. The second-order valence-corrected chi connectivity index (χ2v) is 11.8. The van der Waals surface area contributed by atoms with E-state index >= 15 is 0 Å². The molecule has 8 bridgehead atoms. The van der Waals surface area contributed by atoms with Gasteiger partial charge in [-0.1, -0.05) is 13.8 Å². The molecule has 168 valence electrons. The predicted octanol–water partition coefficient (Wildman–Crippen LogP) is 6.62. The second-order valence-electron chi connectivity index (χ2n) is 11.8. The van der Waals surface area contributed by atoms with Crippen LogP contribution in [-0.2, 0) is 21.7 Å². The molecule has 0 aliphatic carbocycles. The fourth-order valence-electron chi connectivity index (χ4n) is 5.18. The molecule has 0 radical (unpaired) electrons. The van der Waals surface area contributed by atoms with Gasteiger partial charge in [0.1, 0.15) is 0 Å². The van der Waals surface area contributed by atoms with E-state index < -0.39 is 0 Å². The standard InChI is InChI=1S/C28H36N4/c1-25(2)17-15-24(29-16-17)28(7,8)23-14-13-22(32-23)27(5,6)21-12-11-20(31-21)26(3,4)19-10-9-18(25)30-19/h9-14,16,30-32H,15H2,1-8H3. The van der Waals surface area contributed by atoms with Crippen LogP contribution in [0.4, 0.5) is 0 Å². The minimum atomic E-state index is -0.163. The highest BCUT2D eigenvalue weighted by Gasteiger charge is 2.39. The maximum Gasteiger partial charge on any atom is 0.0447 e. The molecule has 4 nitrogen and oxygen atoms in total. The number of hydrogen-bond acceptors (Lipinski definition) is 1. The summed E-state index contributed by atoms with van der Waals surface area (Å²) in [5.74, 6) is 0. The van der Waals surface area contributed by atoms with Gasteiger partial charge in [0.25, 0.3) is 0 Å². The van der Waals surface area contributed by atoms with E-state index in [2.05, 4.69) is 113 Å². The van der Waals surface area contributed by atoms with Crippen molar-refractivity contribution in [1.29, 1.82) is 0 Å². The molecule has 3 aromatic heterocycles. The molecule has 0 saturated carbocycles. The lowest BCUT2D eigenvalue weighted by Gasteiger charge is -2.30. The lowest BCUT2D eigenvalue weighted by Crippen LogP contribution is -2.31. The number of hydrogen-bond donors (Lipinski definition) is 3. The first-order valence-corrected chi connectivity index (χ1v) is 11.7. The Morgan fingerprint density at radius 3 is 1.28 bits per heavy atom. The van der Waals surface area contributed by atoms with Gasteiger partial charge in [-0.15, -0.1) is 0 Å². The molecular formula is C28H36N4. The zero-order valence-corrected chi connectivity index (χ0v) is 20.7. The van der Waals surface area contributed by atoms with Crippen molar-refractivity contribution in [2.75, 3.05) is 0 Å². The van der Waals surface area contributed by atoms with Crippen LogP contribution in [0, 0.1) is 0 Å². The van der Waals surface area contributed by atoms with E-state index in [1.54, 1.807) is 0 Å². The van der Waals surface area contributed by atoms with Crippen LogP contribution >= 0.6 is 0 Å². The molecule has 2 aliphatic rings. The van der Waals surface area contributed by atoms with Gasteiger partial charge in [-0.3, -0.25) is 4.99 Å². The molecule has 2 aliphatic heterocycles. The first-order chi connectivity index (χ1) is 14.8. The maximum atomic E-state index is 4.94. The van der Waals surface area contributed by atoms with Crippen molar-refractivity contribution in [2.24, 2.45) is 4.99 Å². The molecule has 0 amide bonds. The van der Waals surface area contributed by atoms with E-state index in [0.717, 1.165) is 6.42 Å². The number of fused-ring (bicyclic) bond motifs is 8. The molecule has 3 N–H and O–H groups in total. The van der Waals surface area contributed by atoms with Crippen molar-refractivity contribution >= 4 is 5.71 Å². The number of nitrogens with one attached hydrogen (secondary N) is 3. The Hall–Kier alpha value is -2.75. The number of aromatic amines is 3. The second kappa shape index (κ2) is 6.40. The molecule has 4 heteroatoms. The Morgan fingerprint density at radius 1 is 0.531 bits per heavy atom. The minimum Gasteiger partial charge on any atom is -0.361 e. The SMILES string of the molecule is CC1(C)C2=CN=C(C2)C(C)(C)c2ccc([nH]2)C(C)(C)c2ccc([nH]2)C(C)(C)c2ccc1[nH]2. The van der Waals surface area contributed by atoms with E-state index in [-0.39, 0.29) is 21.7 Å². The number of aromatic nitrogens is 3. The van der Waals surface area contributed by atoms with Crippen molar-refractivity contribution in [2.45, 2.75) is 83.5 Å². The monoisotopic (exact) mass is 428 g/mol. The van der Waals surface area contributed by atoms with Crippen molar-refractivity contribution in [3.05, 3.63) is 82.3 Å². The van der Waals surface area contributed by atoms with Gasteiger partial charge in [0.05, 0.1) is 0 Å². The highest BCUT2D eigenvalue weighted by molar-refractivity contribution is 5.98. The number of H-pyrrole nitrogens is 3. The summed E-state index contributed by atoms with van der Waals surface area (Å²) in [5.41, 5.74) is 9.30. The number of aliphatic imine (C=N–C) groups is 1. The fourth-order valence-corrected chi connectivity index (χ4v) is 5.18. The van der Waals surface area contributed by atoms with Gasteiger partial charge in [0.2, 0.25) is 0 Å². The van der Waals surface area contributed by atoms with E-state index in [1.807, 2.05) is 0 Å². The zero-order chi connectivity index (χ0) is 23.1. The lowest BCUT2D eigenvalue weighted by atomic mass is 9.75. The summed E-state index contributed by atoms with van der Waals surface area (Å²) >= 11 is 0.